The number of hydrogen-bond acceptors (Lipinski definition) is 2. The molecular weight excluding hydrogens is 375 g/mol. The van der Waals surface area contributed by atoms with Gasteiger partial charge in [-0.05, 0) is 41.1 Å². The fourth-order valence-electron chi connectivity index (χ4n) is 2.58. The summed E-state index contributed by atoms with van der Waals surface area (Å²) in [5.41, 5.74) is 1.24. The van der Waals surface area contributed by atoms with E-state index in [4.69, 9.17) is 32.7 Å². The van der Waals surface area contributed by atoms with Crippen molar-refractivity contribution < 1.29 is 9.47 Å². The Balaban J connectivity index is 2.06. The highest BCUT2D eigenvalue weighted by molar-refractivity contribution is 9.09. The van der Waals surface area contributed by atoms with Gasteiger partial charge in [0, 0.05) is 21.2 Å². The van der Waals surface area contributed by atoms with Gasteiger partial charge in [0.1, 0.15) is 11.4 Å². The van der Waals surface area contributed by atoms with E-state index >= 15 is 0 Å². The van der Waals surface area contributed by atoms with Crippen LogP contribution in [0.25, 0.3) is 0 Å². The average Bonchev–Trinajstić information content (AvgIpc) is 3.03. The predicted molar refractivity (Wildman–Crippen MR) is 88.5 cm³/mol. The van der Waals surface area contributed by atoms with E-state index < -0.39 is 10.1 Å². The number of alkyl halides is 1. The van der Waals surface area contributed by atoms with Gasteiger partial charge in [0.2, 0.25) is 0 Å². The molecule has 21 heavy (non-hydrogen) atoms. The third kappa shape index (κ3) is 2.27. The molecule has 5 heteroatoms. The number of ether oxygens (including phenoxy) is 2. The molecule has 2 aromatic rings. The molecule has 1 heterocycles. The first-order valence-corrected chi connectivity index (χ1v) is 7.95. The molecule has 2 atom stereocenters. The summed E-state index contributed by atoms with van der Waals surface area (Å²) in [5, 5.41) is 1.19. The van der Waals surface area contributed by atoms with E-state index in [0.29, 0.717) is 10.0 Å². The van der Waals surface area contributed by atoms with Gasteiger partial charge in [0.25, 0.3) is 0 Å². The Labute approximate surface area is 142 Å². The molecular formula is C16H13BrCl2O2. The molecule has 1 saturated heterocycles. The van der Waals surface area contributed by atoms with Gasteiger partial charge in [0.05, 0.1) is 7.11 Å². The minimum Gasteiger partial charge on any atom is -0.496 e. The minimum atomic E-state index is -0.663. The number of halogens is 3. The summed E-state index contributed by atoms with van der Waals surface area (Å²) >= 11 is 16.0. The maximum absolute atomic E-state index is 6.33. The van der Waals surface area contributed by atoms with E-state index in [9.17, 15) is 0 Å². The van der Waals surface area contributed by atoms with Crippen LogP contribution >= 0.6 is 39.1 Å². The fraction of sp³-hybridized carbons (Fsp3) is 0.250. The van der Waals surface area contributed by atoms with Crippen molar-refractivity contribution in [2.45, 2.75) is 17.0 Å². The molecule has 110 valence electrons. The number of hydrogen-bond donors (Lipinski definition) is 0. The molecule has 0 bridgehead atoms. The molecule has 2 aromatic carbocycles. The number of epoxide rings is 1. The first-order chi connectivity index (χ1) is 9.92. The monoisotopic (exact) mass is 386 g/mol. The Hall–Kier alpha value is -0.740. The van der Waals surface area contributed by atoms with Crippen molar-refractivity contribution in [1.82, 2.24) is 0 Å². The molecule has 0 aliphatic carbocycles. The summed E-state index contributed by atoms with van der Waals surface area (Å²) < 4.78 is 10.8. The van der Waals surface area contributed by atoms with Gasteiger partial charge < -0.3 is 9.47 Å². The molecule has 0 spiro atoms. The van der Waals surface area contributed by atoms with Crippen molar-refractivity contribution in [3.63, 3.8) is 0 Å². The van der Waals surface area contributed by atoms with Crippen molar-refractivity contribution >= 4 is 39.1 Å². The van der Waals surface area contributed by atoms with Crippen LogP contribution < -0.4 is 4.74 Å². The Morgan fingerprint density at radius 3 is 2.48 bits per heavy atom. The lowest BCUT2D eigenvalue weighted by Crippen LogP contribution is -2.15. The van der Waals surface area contributed by atoms with Gasteiger partial charge >= 0.3 is 0 Å². The number of benzene rings is 2. The second-order valence-electron chi connectivity index (χ2n) is 5.06. The lowest BCUT2D eigenvalue weighted by atomic mass is 9.93. The topological polar surface area (TPSA) is 21.8 Å². The van der Waals surface area contributed by atoms with Crippen LogP contribution in [0.1, 0.15) is 18.1 Å². The van der Waals surface area contributed by atoms with Gasteiger partial charge in [-0.15, -0.1) is 0 Å². The predicted octanol–water partition coefficient (Wildman–Crippen LogP) is 5.50. The van der Waals surface area contributed by atoms with E-state index in [0.717, 1.165) is 16.9 Å². The normalized spacial score (nSPS) is 27.5. The standard InChI is InChI=1S/C16H13BrCl2O2/c1-15(11-8-7-10(18)9-13(11)19)16(17,21-15)12-5-3-4-6-14(12)20-2/h3-9H,1-2H3. The van der Waals surface area contributed by atoms with E-state index in [2.05, 4.69) is 15.9 Å². The number of para-hydroxylation sites is 1. The highest BCUT2D eigenvalue weighted by Gasteiger charge is 2.69. The van der Waals surface area contributed by atoms with Gasteiger partial charge in [0.15, 0.2) is 4.51 Å². The molecule has 2 unspecified atom stereocenters. The Morgan fingerprint density at radius 1 is 1.10 bits per heavy atom. The first-order valence-electron chi connectivity index (χ1n) is 6.40. The zero-order valence-electron chi connectivity index (χ0n) is 11.5. The maximum atomic E-state index is 6.33. The first kappa shape index (κ1) is 15.2. The molecule has 0 aromatic heterocycles. The summed E-state index contributed by atoms with van der Waals surface area (Å²) in [6.07, 6.45) is 0. The van der Waals surface area contributed by atoms with Crippen molar-refractivity contribution in [2.24, 2.45) is 0 Å². The lowest BCUT2D eigenvalue weighted by molar-refractivity contribution is 0.304. The van der Waals surface area contributed by atoms with Crippen LogP contribution in [0.5, 0.6) is 5.75 Å². The molecule has 1 aliphatic heterocycles. The Bertz CT molecular complexity index is 706. The summed E-state index contributed by atoms with van der Waals surface area (Å²) in [6.45, 7) is 1.99. The van der Waals surface area contributed by atoms with E-state index in [1.165, 1.54) is 0 Å². The summed E-state index contributed by atoms with van der Waals surface area (Å²) in [7, 11) is 1.64. The third-order valence-corrected chi connectivity index (χ3v) is 5.71. The SMILES string of the molecule is COc1ccccc1C1(Br)OC1(C)c1ccc(Cl)cc1Cl. The summed E-state index contributed by atoms with van der Waals surface area (Å²) in [5.74, 6) is 0.767. The fourth-order valence-corrected chi connectivity index (χ4v) is 4.04. The molecule has 2 nitrogen and oxygen atoms in total. The molecule has 3 rings (SSSR count). The van der Waals surface area contributed by atoms with Crippen molar-refractivity contribution in [2.75, 3.05) is 7.11 Å². The van der Waals surface area contributed by atoms with E-state index in [-0.39, 0.29) is 0 Å². The number of methoxy groups -OCH3 is 1. The van der Waals surface area contributed by atoms with Crippen LogP contribution in [0.2, 0.25) is 10.0 Å². The van der Waals surface area contributed by atoms with Crippen molar-refractivity contribution in [1.29, 1.82) is 0 Å². The van der Waals surface area contributed by atoms with Crippen LogP contribution in [0.4, 0.5) is 0 Å². The zero-order valence-corrected chi connectivity index (χ0v) is 14.6. The second-order valence-corrected chi connectivity index (χ2v) is 7.02. The quantitative estimate of drug-likeness (QED) is 0.512. The molecule has 0 N–H and O–H groups in total. The van der Waals surface area contributed by atoms with Crippen LogP contribution in [0.15, 0.2) is 42.5 Å². The van der Waals surface area contributed by atoms with Gasteiger partial charge in [-0.2, -0.15) is 0 Å². The van der Waals surface area contributed by atoms with Crippen molar-refractivity contribution in [3.05, 3.63) is 63.6 Å². The molecule has 0 amide bonds. The van der Waals surface area contributed by atoms with Gasteiger partial charge in [-0.1, -0.05) is 47.5 Å². The van der Waals surface area contributed by atoms with Crippen LogP contribution in [-0.2, 0) is 14.8 Å². The van der Waals surface area contributed by atoms with Gasteiger partial charge in [-0.25, -0.2) is 0 Å². The van der Waals surface area contributed by atoms with Crippen LogP contribution in [-0.4, -0.2) is 7.11 Å². The summed E-state index contributed by atoms with van der Waals surface area (Å²) in [6, 6.07) is 13.2. The summed E-state index contributed by atoms with van der Waals surface area (Å²) in [4.78, 5) is 0. The average molecular weight is 388 g/mol. The molecule has 1 aliphatic rings. The molecule has 0 radical (unpaired) electrons. The highest BCUT2D eigenvalue weighted by Crippen LogP contribution is 2.68. The maximum Gasteiger partial charge on any atom is 0.185 e. The third-order valence-electron chi connectivity index (χ3n) is 3.82. The largest absolute Gasteiger partial charge is 0.496 e. The zero-order chi connectivity index (χ0) is 15.3. The second kappa shape index (κ2) is 5.17. The highest BCUT2D eigenvalue weighted by atomic mass is 79.9. The Morgan fingerprint density at radius 2 is 1.81 bits per heavy atom. The van der Waals surface area contributed by atoms with E-state index in [1.54, 1.807) is 13.2 Å². The lowest BCUT2D eigenvalue weighted by Gasteiger charge is -2.16. The number of rotatable bonds is 3. The van der Waals surface area contributed by atoms with Crippen molar-refractivity contribution in [3.8, 4) is 5.75 Å². The van der Waals surface area contributed by atoms with E-state index in [1.807, 2.05) is 43.3 Å². The van der Waals surface area contributed by atoms with Gasteiger partial charge in [-0.3, -0.25) is 0 Å². The Kier molecular flexibility index (Phi) is 3.73. The smallest absolute Gasteiger partial charge is 0.185 e. The molecule has 0 saturated carbocycles. The van der Waals surface area contributed by atoms with Crippen LogP contribution in [0.3, 0.4) is 0 Å². The molecule has 1 fully saturated rings. The van der Waals surface area contributed by atoms with Crippen LogP contribution in [0, 0.1) is 0 Å². The minimum absolute atomic E-state index is 0.580.